The Morgan fingerprint density at radius 1 is 1.32 bits per heavy atom. The van der Waals surface area contributed by atoms with Crippen molar-refractivity contribution < 1.29 is 4.79 Å². The third kappa shape index (κ3) is 4.06. The van der Waals surface area contributed by atoms with Crippen LogP contribution in [0.25, 0.3) is 16.6 Å². The Morgan fingerprint density at radius 3 is 2.86 bits per heavy atom. The molecule has 0 fully saturated rings. The summed E-state index contributed by atoms with van der Waals surface area (Å²) in [7, 11) is 0. The molecule has 0 atom stereocenters. The number of rotatable bonds is 5. The summed E-state index contributed by atoms with van der Waals surface area (Å²) in [6.07, 6.45) is 5.17. The Labute approximate surface area is 172 Å². The number of benzene rings is 2. The Hall–Kier alpha value is -2.75. The highest BCUT2D eigenvalue weighted by Crippen LogP contribution is 2.25. The highest BCUT2D eigenvalue weighted by molar-refractivity contribution is 7.99. The molecule has 0 aliphatic heterocycles. The van der Waals surface area contributed by atoms with Crippen LogP contribution in [0.4, 0.5) is 0 Å². The van der Waals surface area contributed by atoms with Crippen molar-refractivity contribution in [2.75, 3.05) is 12.3 Å². The summed E-state index contributed by atoms with van der Waals surface area (Å²) in [6.45, 7) is 4.10. The molecule has 0 radical (unpaired) electrons. The summed E-state index contributed by atoms with van der Waals surface area (Å²) in [6, 6.07) is 10.7. The zero-order chi connectivity index (χ0) is 20.3. The van der Waals surface area contributed by atoms with E-state index < -0.39 is 0 Å². The lowest BCUT2D eigenvalue weighted by Crippen LogP contribution is -2.27. The van der Waals surface area contributed by atoms with Gasteiger partial charge in [0.1, 0.15) is 0 Å². The van der Waals surface area contributed by atoms with Crippen LogP contribution in [0, 0.1) is 26.2 Å². The Morgan fingerprint density at radius 2 is 2.11 bits per heavy atom. The number of amides is 1. The standard InChI is InChI=1S/C21H18ClN3O2S/c1-4-10-23-19(26)12-28-21-24-17-11-15(22)8-9-16(17)20(27)25(21)18-7-5-6-13(2)14(18)3/h1,5-9,11H,10,12H2,2-3H3,(H,23,26). The van der Waals surface area contributed by atoms with E-state index in [-0.39, 0.29) is 23.8 Å². The van der Waals surface area contributed by atoms with Gasteiger partial charge in [0.2, 0.25) is 5.91 Å². The number of carbonyl (C=O) groups excluding carboxylic acids is 1. The average molecular weight is 412 g/mol. The van der Waals surface area contributed by atoms with Crippen LogP contribution in [0.15, 0.2) is 46.3 Å². The minimum atomic E-state index is -0.226. The second-order valence-electron chi connectivity index (χ2n) is 6.18. The maximum atomic E-state index is 13.3. The first-order valence-electron chi connectivity index (χ1n) is 8.54. The maximum absolute atomic E-state index is 13.3. The van der Waals surface area contributed by atoms with Crippen LogP contribution in [0.1, 0.15) is 11.1 Å². The molecule has 1 amide bonds. The molecule has 0 bridgehead atoms. The van der Waals surface area contributed by atoms with E-state index in [2.05, 4.69) is 16.2 Å². The number of aromatic nitrogens is 2. The van der Waals surface area contributed by atoms with Gasteiger partial charge in [0.15, 0.2) is 5.16 Å². The molecule has 3 aromatic rings. The number of carbonyl (C=O) groups is 1. The summed E-state index contributed by atoms with van der Waals surface area (Å²) in [4.78, 5) is 29.9. The molecule has 5 nitrogen and oxygen atoms in total. The van der Waals surface area contributed by atoms with E-state index in [1.165, 1.54) is 11.8 Å². The normalized spacial score (nSPS) is 10.6. The minimum Gasteiger partial charge on any atom is -0.344 e. The van der Waals surface area contributed by atoms with Gasteiger partial charge in [0.25, 0.3) is 5.56 Å². The molecule has 0 aliphatic rings. The zero-order valence-corrected chi connectivity index (χ0v) is 17.0. The molecule has 1 N–H and O–H groups in total. The largest absolute Gasteiger partial charge is 0.344 e. The molecule has 1 heterocycles. The van der Waals surface area contributed by atoms with Crippen LogP contribution in [0.3, 0.4) is 0 Å². The quantitative estimate of drug-likeness (QED) is 0.396. The SMILES string of the molecule is C#CCNC(=O)CSc1nc2cc(Cl)ccc2c(=O)n1-c1cccc(C)c1C. The molecule has 0 aliphatic carbocycles. The lowest BCUT2D eigenvalue weighted by molar-refractivity contribution is -0.118. The Bertz CT molecular complexity index is 1160. The van der Waals surface area contributed by atoms with Crippen molar-refractivity contribution in [1.82, 2.24) is 14.9 Å². The van der Waals surface area contributed by atoms with E-state index in [9.17, 15) is 9.59 Å². The molecule has 28 heavy (non-hydrogen) atoms. The van der Waals surface area contributed by atoms with E-state index in [4.69, 9.17) is 18.0 Å². The summed E-state index contributed by atoms with van der Waals surface area (Å²) in [5, 5.41) is 3.99. The van der Waals surface area contributed by atoms with Crippen LogP contribution in [0.2, 0.25) is 5.02 Å². The van der Waals surface area contributed by atoms with Crippen LogP contribution in [-0.4, -0.2) is 27.8 Å². The summed E-state index contributed by atoms with van der Waals surface area (Å²) >= 11 is 7.25. The van der Waals surface area contributed by atoms with Gasteiger partial charge in [-0.25, -0.2) is 4.98 Å². The topological polar surface area (TPSA) is 64.0 Å². The van der Waals surface area contributed by atoms with Gasteiger partial charge >= 0.3 is 0 Å². The zero-order valence-electron chi connectivity index (χ0n) is 15.5. The number of fused-ring (bicyclic) bond motifs is 1. The van der Waals surface area contributed by atoms with Gasteiger partial charge in [-0.05, 0) is 49.2 Å². The summed E-state index contributed by atoms with van der Waals surface area (Å²) in [5.41, 5.74) is 3.05. The van der Waals surface area contributed by atoms with Crippen molar-refractivity contribution in [3.63, 3.8) is 0 Å². The molecule has 142 valence electrons. The van der Waals surface area contributed by atoms with Gasteiger partial charge in [-0.2, -0.15) is 0 Å². The molecule has 1 aromatic heterocycles. The number of hydrogen-bond donors (Lipinski definition) is 1. The van der Waals surface area contributed by atoms with E-state index in [1.54, 1.807) is 22.8 Å². The molecule has 0 saturated carbocycles. The minimum absolute atomic E-state index is 0.0883. The summed E-state index contributed by atoms with van der Waals surface area (Å²) in [5.74, 6) is 2.22. The molecule has 0 saturated heterocycles. The predicted molar refractivity (Wildman–Crippen MR) is 114 cm³/mol. The number of nitrogens with one attached hydrogen (secondary N) is 1. The predicted octanol–water partition coefficient (Wildman–Crippen LogP) is 3.50. The third-order valence-electron chi connectivity index (χ3n) is 4.34. The molecule has 7 heteroatoms. The number of halogens is 1. The van der Waals surface area contributed by atoms with E-state index in [1.807, 2.05) is 32.0 Å². The van der Waals surface area contributed by atoms with Crippen LogP contribution >= 0.6 is 23.4 Å². The second kappa shape index (κ2) is 8.51. The van der Waals surface area contributed by atoms with Crippen molar-refractivity contribution >= 4 is 40.2 Å². The van der Waals surface area contributed by atoms with Crippen molar-refractivity contribution in [1.29, 1.82) is 0 Å². The number of terminal acetylenes is 1. The molecule has 0 unspecified atom stereocenters. The van der Waals surface area contributed by atoms with Gasteiger partial charge in [0, 0.05) is 5.02 Å². The van der Waals surface area contributed by atoms with Gasteiger partial charge in [-0.1, -0.05) is 41.4 Å². The van der Waals surface area contributed by atoms with E-state index in [0.717, 1.165) is 16.8 Å². The lowest BCUT2D eigenvalue weighted by atomic mass is 10.1. The number of hydrogen-bond acceptors (Lipinski definition) is 4. The van der Waals surface area contributed by atoms with E-state index in [0.29, 0.717) is 21.1 Å². The molecule has 2 aromatic carbocycles. The number of nitrogens with zero attached hydrogens (tertiary/aromatic N) is 2. The smallest absolute Gasteiger partial charge is 0.266 e. The first kappa shape index (κ1) is 20.0. The highest BCUT2D eigenvalue weighted by atomic mass is 35.5. The van der Waals surface area contributed by atoms with Gasteiger partial charge in [-0.3, -0.25) is 14.2 Å². The van der Waals surface area contributed by atoms with E-state index >= 15 is 0 Å². The summed E-state index contributed by atoms with van der Waals surface area (Å²) < 4.78 is 1.55. The molecule has 3 rings (SSSR count). The van der Waals surface area contributed by atoms with Crippen LogP contribution in [0.5, 0.6) is 0 Å². The fourth-order valence-corrected chi connectivity index (χ4v) is 3.76. The third-order valence-corrected chi connectivity index (χ3v) is 5.51. The number of thioether (sulfide) groups is 1. The first-order chi connectivity index (χ1) is 13.4. The maximum Gasteiger partial charge on any atom is 0.266 e. The molecule has 0 spiro atoms. The van der Waals surface area contributed by atoms with Crippen LogP contribution < -0.4 is 10.9 Å². The average Bonchev–Trinajstić information content (AvgIpc) is 2.67. The van der Waals surface area contributed by atoms with Gasteiger partial charge < -0.3 is 5.32 Å². The van der Waals surface area contributed by atoms with Crippen molar-refractivity contribution in [3.05, 3.63) is 62.9 Å². The van der Waals surface area contributed by atoms with Crippen molar-refractivity contribution in [2.24, 2.45) is 0 Å². The second-order valence-corrected chi connectivity index (χ2v) is 7.56. The fourth-order valence-electron chi connectivity index (χ4n) is 2.76. The van der Waals surface area contributed by atoms with Crippen molar-refractivity contribution in [2.45, 2.75) is 19.0 Å². The van der Waals surface area contributed by atoms with Gasteiger partial charge in [0.05, 0.1) is 28.9 Å². The molecular formula is C21H18ClN3O2S. The monoisotopic (exact) mass is 411 g/mol. The van der Waals surface area contributed by atoms with Gasteiger partial charge in [-0.15, -0.1) is 6.42 Å². The first-order valence-corrected chi connectivity index (χ1v) is 9.90. The molecular weight excluding hydrogens is 394 g/mol. The van der Waals surface area contributed by atoms with Crippen LogP contribution in [-0.2, 0) is 4.79 Å². The Kier molecular flexibility index (Phi) is 6.08. The Balaban J connectivity index is 2.16. The highest BCUT2D eigenvalue weighted by Gasteiger charge is 2.17. The fraction of sp³-hybridized carbons (Fsp3) is 0.190. The van der Waals surface area contributed by atoms with Crippen molar-refractivity contribution in [3.8, 4) is 18.0 Å². The number of aryl methyl sites for hydroxylation is 1. The lowest BCUT2D eigenvalue weighted by Gasteiger charge is -2.16.